The molecule has 0 spiro atoms. The average molecular weight is 281 g/mol. The Morgan fingerprint density at radius 2 is 2.05 bits per heavy atom. The van der Waals surface area contributed by atoms with Crippen LogP contribution < -0.4 is 5.32 Å². The van der Waals surface area contributed by atoms with E-state index >= 15 is 0 Å². The standard InChI is InChI=1S/C12H9F2N3O3/c13-7-2-1-6(8(14)4-7)3-11(18)15-10-5-9(12(19)20)16-17-10/h1-2,4-5H,3H2,(H,19,20)(H2,15,16,17,18). The average Bonchev–Trinajstić information content (AvgIpc) is 2.81. The molecule has 2 aromatic rings. The summed E-state index contributed by atoms with van der Waals surface area (Å²) < 4.78 is 26.0. The molecule has 0 saturated carbocycles. The molecule has 6 nitrogen and oxygen atoms in total. The van der Waals surface area contributed by atoms with Gasteiger partial charge in [-0.25, -0.2) is 13.6 Å². The predicted octanol–water partition coefficient (Wildman–Crippen LogP) is 1.57. The van der Waals surface area contributed by atoms with Crippen molar-refractivity contribution < 1.29 is 23.5 Å². The molecule has 20 heavy (non-hydrogen) atoms. The van der Waals surface area contributed by atoms with Crippen LogP contribution in [0.5, 0.6) is 0 Å². The predicted molar refractivity (Wildman–Crippen MR) is 64.2 cm³/mol. The second kappa shape index (κ2) is 5.47. The molecule has 2 rings (SSSR count). The number of aromatic amines is 1. The van der Waals surface area contributed by atoms with Gasteiger partial charge in [-0.2, -0.15) is 5.10 Å². The monoisotopic (exact) mass is 281 g/mol. The summed E-state index contributed by atoms with van der Waals surface area (Å²) >= 11 is 0. The van der Waals surface area contributed by atoms with E-state index in [1.54, 1.807) is 0 Å². The molecule has 0 fully saturated rings. The van der Waals surface area contributed by atoms with E-state index in [9.17, 15) is 18.4 Å². The van der Waals surface area contributed by atoms with Crippen molar-refractivity contribution in [3.05, 3.63) is 47.2 Å². The fourth-order valence-corrected chi connectivity index (χ4v) is 1.52. The first-order valence-corrected chi connectivity index (χ1v) is 5.48. The number of nitrogens with zero attached hydrogens (tertiary/aromatic N) is 1. The number of aromatic nitrogens is 2. The number of halogens is 2. The van der Waals surface area contributed by atoms with Crippen LogP contribution >= 0.6 is 0 Å². The number of amides is 1. The van der Waals surface area contributed by atoms with E-state index in [2.05, 4.69) is 15.5 Å². The van der Waals surface area contributed by atoms with Gasteiger partial charge < -0.3 is 10.4 Å². The lowest BCUT2D eigenvalue weighted by Gasteiger charge is -2.03. The Balaban J connectivity index is 2.03. The summed E-state index contributed by atoms with van der Waals surface area (Å²) in [5.74, 6) is -3.37. The number of hydrogen-bond donors (Lipinski definition) is 3. The fraction of sp³-hybridized carbons (Fsp3) is 0.0833. The van der Waals surface area contributed by atoms with Crippen molar-refractivity contribution in [2.45, 2.75) is 6.42 Å². The maximum atomic E-state index is 13.3. The van der Waals surface area contributed by atoms with Crippen molar-refractivity contribution in [2.24, 2.45) is 0 Å². The molecule has 0 bridgehead atoms. The number of aromatic carboxylic acids is 1. The summed E-state index contributed by atoms with van der Waals surface area (Å²) in [5, 5.41) is 16.7. The zero-order valence-electron chi connectivity index (χ0n) is 9.98. The van der Waals surface area contributed by atoms with Gasteiger partial charge in [0.1, 0.15) is 17.3 Å². The fourth-order valence-electron chi connectivity index (χ4n) is 1.52. The van der Waals surface area contributed by atoms with Crippen LogP contribution in [-0.4, -0.2) is 27.2 Å². The summed E-state index contributed by atoms with van der Waals surface area (Å²) in [7, 11) is 0. The van der Waals surface area contributed by atoms with Crippen LogP contribution in [0.15, 0.2) is 24.3 Å². The third kappa shape index (κ3) is 3.16. The Labute approximate surface area is 111 Å². The molecular weight excluding hydrogens is 272 g/mol. The minimum absolute atomic E-state index is 0.00919. The molecule has 0 aliphatic carbocycles. The number of H-pyrrole nitrogens is 1. The van der Waals surface area contributed by atoms with E-state index in [0.717, 1.165) is 18.2 Å². The van der Waals surface area contributed by atoms with Gasteiger partial charge in [-0.1, -0.05) is 6.07 Å². The van der Waals surface area contributed by atoms with Crippen LogP contribution in [0.2, 0.25) is 0 Å². The second-order valence-corrected chi connectivity index (χ2v) is 3.93. The van der Waals surface area contributed by atoms with Crippen molar-refractivity contribution in [2.75, 3.05) is 5.32 Å². The van der Waals surface area contributed by atoms with Gasteiger partial charge in [-0.3, -0.25) is 9.89 Å². The van der Waals surface area contributed by atoms with Gasteiger partial charge in [0.05, 0.1) is 6.42 Å². The summed E-state index contributed by atoms with van der Waals surface area (Å²) in [6.07, 6.45) is -0.318. The van der Waals surface area contributed by atoms with Crippen molar-refractivity contribution in [3.63, 3.8) is 0 Å². The maximum Gasteiger partial charge on any atom is 0.353 e. The summed E-state index contributed by atoms with van der Waals surface area (Å²) in [6.45, 7) is 0. The Morgan fingerprint density at radius 3 is 2.65 bits per heavy atom. The van der Waals surface area contributed by atoms with Crippen molar-refractivity contribution in [3.8, 4) is 0 Å². The maximum absolute atomic E-state index is 13.3. The van der Waals surface area contributed by atoms with E-state index < -0.39 is 23.5 Å². The summed E-state index contributed by atoms with van der Waals surface area (Å²) in [4.78, 5) is 22.2. The Kier molecular flexibility index (Phi) is 3.74. The van der Waals surface area contributed by atoms with Crippen LogP contribution in [0, 0.1) is 11.6 Å². The number of hydrogen-bond acceptors (Lipinski definition) is 3. The number of carbonyl (C=O) groups excluding carboxylic acids is 1. The molecule has 8 heteroatoms. The minimum Gasteiger partial charge on any atom is -0.477 e. The molecule has 104 valence electrons. The summed E-state index contributed by atoms with van der Waals surface area (Å²) in [6, 6.07) is 4.02. The smallest absolute Gasteiger partial charge is 0.353 e. The largest absolute Gasteiger partial charge is 0.477 e. The van der Waals surface area contributed by atoms with Crippen molar-refractivity contribution in [1.82, 2.24) is 10.2 Å². The molecule has 0 saturated heterocycles. The highest BCUT2D eigenvalue weighted by molar-refractivity contribution is 5.93. The first-order chi connectivity index (χ1) is 9.45. The number of rotatable bonds is 4. The molecule has 0 radical (unpaired) electrons. The van der Waals surface area contributed by atoms with Gasteiger partial charge in [-0.05, 0) is 11.6 Å². The molecule has 3 N–H and O–H groups in total. The van der Waals surface area contributed by atoms with E-state index in [1.165, 1.54) is 0 Å². The zero-order valence-corrected chi connectivity index (χ0v) is 9.98. The second-order valence-electron chi connectivity index (χ2n) is 3.93. The summed E-state index contributed by atoms with van der Waals surface area (Å²) in [5.41, 5.74) is -0.161. The van der Waals surface area contributed by atoms with Gasteiger partial charge in [0.2, 0.25) is 5.91 Å². The molecule has 0 atom stereocenters. The third-order valence-corrected chi connectivity index (χ3v) is 2.44. The van der Waals surface area contributed by atoms with E-state index in [-0.39, 0.29) is 23.5 Å². The highest BCUT2D eigenvalue weighted by Gasteiger charge is 2.12. The lowest BCUT2D eigenvalue weighted by Crippen LogP contribution is -2.15. The SMILES string of the molecule is O=C(Cc1ccc(F)cc1F)Nc1cc(C(=O)O)[nH]n1. The van der Waals surface area contributed by atoms with Crippen molar-refractivity contribution >= 4 is 17.7 Å². The molecule has 1 aromatic heterocycles. The normalized spacial score (nSPS) is 10.3. The molecule has 1 amide bonds. The lowest BCUT2D eigenvalue weighted by atomic mass is 10.1. The van der Waals surface area contributed by atoms with Crippen LogP contribution in [0.1, 0.15) is 16.1 Å². The minimum atomic E-state index is -1.22. The number of carbonyl (C=O) groups is 2. The number of carboxylic acid groups (broad SMARTS) is 1. The lowest BCUT2D eigenvalue weighted by molar-refractivity contribution is -0.115. The van der Waals surface area contributed by atoms with Crippen LogP contribution in [0.3, 0.4) is 0 Å². The topological polar surface area (TPSA) is 95.1 Å². The van der Waals surface area contributed by atoms with E-state index in [0.29, 0.717) is 6.07 Å². The first-order valence-electron chi connectivity index (χ1n) is 5.48. The van der Waals surface area contributed by atoms with Gasteiger partial charge in [0, 0.05) is 12.1 Å². The molecule has 0 aliphatic heterocycles. The van der Waals surface area contributed by atoms with Crippen LogP contribution in [-0.2, 0) is 11.2 Å². The van der Waals surface area contributed by atoms with Gasteiger partial charge in [-0.15, -0.1) is 0 Å². The Bertz CT molecular complexity index is 670. The molecule has 0 unspecified atom stereocenters. The molecule has 0 aliphatic rings. The number of anilines is 1. The van der Waals surface area contributed by atoms with Crippen LogP contribution in [0.4, 0.5) is 14.6 Å². The Morgan fingerprint density at radius 1 is 1.30 bits per heavy atom. The number of nitrogens with one attached hydrogen (secondary N) is 2. The van der Waals surface area contributed by atoms with Gasteiger partial charge in [0.15, 0.2) is 5.82 Å². The van der Waals surface area contributed by atoms with Gasteiger partial charge in [0.25, 0.3) is 0 Å². The third-order valence-electron chi connectivity index (χ3n) is 2.44. The zero-order chi connectivity index (χ0) is 14.7. The number of carboxylic acids is 1. The molecular formula is C12H9F2N3O3. The van der Waals surface area contributed by atoms with E-state index in [4.69, 9.17) is 5.11 Å². The highest BCUT2D eigenvalue weighted by atomic mass is 19.1. The Hall–Kier alpha value is -2.77. The van der Waals surface area contributed by atoms with Gasteiger partial charge >= 0.3 is 5.97 Å². The van der Waals surface area contributed by atoms with E-state index in [1.807, 2.05) is 0 Å². The van der Waals surface area contributed by atoms with Crippen molar-refractivity contribution in [1.29, 1.82) is 0 Å². The quantitative estimate of drug-likeness (QED) is 0.792. The van der Waals surface area contributed by atoms with Crippen LogP contribution in [0.25, 0.3) is 0 Å². The highest BCUT2D eigenvalue weighted by Crippen LogP contribution is 2.11. The molecule has 1 aromatic carbocycles. The number of benzene rings is 1. The molecule has 1 heterocycles. The first kappa shape index (κ1) is 13.7.